The second-order valence-corrected chi connectivity index (χ2v) is 6.37. The van der Waals surface area contributed by atoms with Gasteiger partial charge in [-0.3, -0.25) is 4.90 Å². The highest BCUT2D eigenvalue weighted by Gasteiger charge is 2.32. The lowest BCUT2D eigenvalue weighted by molar-refractivity contribution is -0.126. The molecule has 1 aliphatic rings. The zero-order chi connectivity index (χ0) is 11.3. The molecule has 1 heterocycles. The third-order valence-corrected chi connectivity index (χ3v) is 3.97. The normalized spacial score (nSPS) is 26.8. The summed E-state index contributed by atoms with van der Waals surface area (Å²) in [4.78, 5) is 2.53. The van der Waals surface area contributed by atoms with E-state index in [2.05, 4.69) is 40.9 Å². The molecule has 90 valence electrons. The Bertz CT molecular complexity index is 189. The molecule has 0 radical (unpaired) electrons. The van der Waals surface area contributed by atoms with Gasteiger partial charge in [-0.1, -0.05) is 15.9 Å². The van der Waals surface area contributed by atoms with Crippen LogP contribution in [0.3, 0.4) is 0 Å². The van der Waals surface area contributed by atoms with Crippen LogP contribution in [0.2, 0.25) is 0 Å². The van der Waals surface area contributed by atoms with Crippen molar-refractivity contribution in [3.8, 4) is 0 Å². The van der Waals surface area contributed by atoms with Crippen LogP contribution in [0, 0.1) is 0 Å². The molecule has 1 fully saturated rings. The molecular formula is C11H22BrNOS. The van der Waals surface area contributed by atoms with Crippen molar-refractivity contribution in [3.63, 3.8) is 0 Å². The van der Waals surface area contributed by atoms with E-state index >= 15 is 0 Å². The Morgan fingerprint density at radius 1 is 1.53 bits per heavy atom. The Balaban J connectivity index is 2.36. The Morgan fingerprint density at radius 2 is 2.27 bits per heavy atom. The third-order valence-electron chi connectivity index (χ3n) is 2.55. The molecule has 0 saturated carbocycles. The largest absolute Gasteiger partial charge is 0.369 e. The summed E-state index contributed by atoms with van der Waals surface area (Å²) >= 11 is 5.45. The van der Waals surface area contributed by atoms with Gasteiger partial charge in [0, 0.05) is 18.4 Å². The molecule has 0 N–H and O–H groups in total. The predicted molar refractivity (Wildman–Crippen MR) is 72.2 cm³/mol. The fourth-order valence-electron chi connectivity index (χ4n) is 2.10. The van der Waals surface area contributed by atoms with Gasteiger partial charge >= 0.3 is 0 Å². The first-order valence-electron chi connectivity index (χ1n) is 5.52. The number of halogens is 1. The van der Waals surface area contributed by atoms with Gasteiger partial charge in [-0.05, 0) is 38.8 Å². The molecule has 0 aromatic carbocycles. The first-order chi connectivity index (χ1) is 7.07. The van der Waals surface area contributed by atoms with Gasteiger partial charge in [0.05, 0.1) is 11.7 Å². The topological polar surface area (TPSA) is 12.5 Å². The number of hydrogen-bond donors (Lipinski definition) is 0. The van der Waals surface area contributed by atoms with Crippen LogP contribution in [0.4, 0.5) is 0 Å². The molecule has 0 bridgehead atoms. The maximum Gasteiger partial charge on any atom is 0.0806 e. The molecular weight excluding hydrogens is 274 g/mol. The second kappa shape index (κ2) is 6.48. The minimum atomic E-state index is 0.00996. The van der Waals surface area contributed by atoms with Crippen LogP contribution in [-0.4, -0.2) is 53.6 Å². The summed E-state index contributed by atoms with van der Waals surface area (Å²) in [6, 6.07) is 0. The number of rotatable bonds is 5. The van der Waals surface area contributed by atoms with E-state index in [4.69, 9.17) is 4.74 Å². The van der Waals surface area contributed by atoms with Crippen LogP contribution in [0.1, 0.15) is 20.3 Å². The summed E-state index contributed by atoms with van der Waals surface area (Å²) in [5, 5.41) is 0.940. The third kappa shape index (κ3) is 5.07. The van der Waals surface area contributed by atoms with E-state index in [1.165, 1.54) is 18.7 Å². The molecule has 1 saturated heterocycles. The molecule has 1 unspecified atom stereocenters. The molecule has 1 atom stereocenters. The van der Waals surface area contributed by atoms with Crippen molar-refractivity contribution in [3.05, 3.63) is 0 Å². The van der Waals surface area contributed by atoms with E-state index in [0.29, 0.717) is 6.10 Å². The molecule has 4 heteroatoms. The smallest absolute Gasteiger partial charge is 0.0806 e. The predicted octanol–water partition coefficient (Wildman–Crippen LogP) is 2.61. The zero-order valence-corrected chi connectivity index (χ0v) is 12.4. The average molecular weight is 296 g/mol. The number of hydrogen-bond acceptors (Lipinski definition) is 3. The molecule has 1 aliphatic heterocycles. The van der Waals surface area contributed by atoms with Gasteiger partial charge in [-0.25, -0.2) is 0 Å². The molecule has 2 nitrogen and oxygen atoms in total. The molecule has 0 aliphatic carbocycles. The van der Waals surface area contributed by atoms with Gasteiger partial charge in [0.15, 0.2) is 0 Å². The van der Waals surface area contributed by atoms with E-state index < -0.39 is 0 Å². The maximum atomic E-state index is 5.97. The summed E-state index contributed by atoms with van der Waals surface area (Å²) in [5.74, 6) is 1.26. The SMILES string of the molecule is CSCCCN1CC(CBr)OC(C)(C)C1. The van der Waals surface area contributed by atoms with E-state index in [1.54, 1.807) is 0 Å². The highest BCUT2D eigenvalue weighted by molar-refractivity contribution is 9.09. The number of thioether (sulfide) groups is 1. The molecule has 0 amide bonds. The fraction of sp³-hybridized carbons (Fsp3) is 1.00. The van der Waals surface area contributed by atoms with Crippen molar-refractivity contribution < 1.29 is 4.74 Å². The zero-order valence-electron chi connectivity index (χ0n) is 9.96. The monoisotopic (exact) mass is 295 g/mol. The van der Waals surface area contributed by atoms with Gasteiger partial charge in [0.25, 0.3) is 0 Å². The Morgan fingerprint density at radius 3 is 2.87 bits per heavy atom. The highest BCUT2D eigenvalue weighted by atomic mass is 79.9. The molecule has 0 aromatic rings. The van der Waals surface area contributed by atoms with E-state index in [0.717, 1.165) is 18.4 Å². The van der Waals surface area contributed by atoms with Crippen LogP contribution in [0.5, 0.6) is 0 Å². The maximum absolute atomic E-state index is 5.97. The lowest BCUT2D eigenvalue weighted by Crippen LogP contribution is -2.53. The number of ether oxygens (including phenoxy) is 1. The van der Waals surface area contributed by atoms with Gasteiger partial charge in [0.2, 0.25) is 0 Å². The van der Waals surface area contributed by atoms with E-state index in [1.807, 2.05) is 11.8 Å². The van der Waals surface area contributed by atoms with Crippen molar-refractivity contribution in [2.75, 3.05) is 37.0 Å². The Hall–Kier alpha value is 0.750. The van der Waals surface area contributed by atoms with Crippen molar-refractivity contribution in [2.45, 2.75) is 32.0 Å². The summed E-state index contributed by atoms with van der Waals surface area (Å²) < 4.78 is 5.97. The fourth-order valence-corrected chi connectivity index (χ4v) is 2.85. The first kappa shape index (κ1) is 13.8. The van der Waals surface area contributed by atoms with Crippen molar-refractivity contribution in [2.24, 2.45) is 0 Å². The number of alkyl halides is 1. The van der Waals surface area contributed by atoms with E-state index in [-0.39, 0.29) is 5.60 Å². The van der Waals surface area contributed by atoms with Crippen LogP contribution in [-0.2, 0) is 4.74 Å². The Kier molecular flexibility index (Phi) is 5.96. The van der Waals surface area contributed by atoms with Gasteiger partial charge in [-0.2, -0.15) is 11.8 Å². The standard InChI is InChI=1S/C11H22BrNOS/c1-11(2)9-13(5-4-6-15-3)8-10(7-12)14-11/h10H,4-9H2,1-3H3. The molecule has 0 spiro atoms. The van der Waals surface area contributed by atoms with E-state index in [9.17, 15) is 0 Å². The van der Waals surface area contributed by atoms with Crippen LogP contribution < -0.4 is 0 Å². The summed E-state index contributed by atoms with van der Waals surface area (Å²) in [5.41, 5.74) is 0.00996. The van der Waals surface area contributed by atoms with Gasteiger partial charge in [0.1, 0.15) is 0 Å². The van der Waals surface area contributed by atoms with Gasteiger partial charge in [-0.15, -0.1) is 0 Å². The average Bonchev–Trinajstić information content (AvgIpc) is 2.16. The van der Waals surface area contributed by atoms with Crippen LogP contribution in [0.25, 0.3) is 0 Å². The Labute approximate surface area is 106 Å². The van der Waals surface area contributed by atoms with Crippen LogP contribution in [0.15, 0.2) is 0 Å². The summed E-state index contributed by atoms with van der Waals surface area (Å²) in [6.07, 6.45) is 3.81. The summed E-state index contributed by atoms with van der Waals surface area (Å²) in [7, 11) is 0. The van der Waals surface area contributed by atoms with Crippen molar-refractivity contribution >= 4 is 27.7 Å². The van der Waals surface area contributed by atoms with Crippen LogP contribution >= 0.6 is 27.7 Å². The highest BCUT2D eigenvalue weighted by Crippen LogP contribution is 2.22. The van der Waals surface area contributed by atoms with Gasteiger partial charge < -0.3 is 4.74 Å². The lowest BCUT2D eigenvalue weighted by atomic mass is 10.1. The minimum Gasteiger partial charge on any atom is -0.369 e. The number of morpholine rings is 1. The molecule has 1 rings (SSSR count). The molecule has 15 heavy (non-hydrogen) atoms. The summed E-state index contributed by atoms with van der Waals surface area (Å²) in [6.45, 7) is 7.71. The lowest BCUT2D eigenvalue weighted by Gasteiger charge is -2.42. The quantitative estimate of drug-likeness (QED) is 0.571. The van der Waals surface area contributed by atoms with Crippen molar-refractivity contribution in [1.82, 2.24) is 4.90 Å². The second-order valence-electron chi connectivity index (χ2n) is 4.74. The first-order valence-corrected chi connectivity index (χ1v) is 8.04. The molecule has 0 aromatic heterocycles. The minimum absolute atomic E-state index is 0.00996. The van der Waals surface area contributed by atoms with Crippen molar-refractivity contribution in [1.29, 1.82) is 0 Å². The number of nitrogens with zero attached hydrogens (tertiary/aromatic N) is 1.